The summed E-state index contributed by atoms with van der Waals surface area (Å²) in [6.07, 6.45) is 4.11. The van der Waals surface area contributed by atoms with Gasteiger partial charge in [-0.1, -0.05) is 25.1 Å². The van der Waals surface area contributed by atoms with Crippen LogP contribution in [0.3, 0.4) is 0 Å². The zero-order chi connectivity index (χ0) is 21.0. The van der Waals surface area contributed by atoms with Gasteiger partial charge in [0.25, 0.3) is 0 Å². The molecule has 0 atom stereocenters. The lowest BCUT2D eigenvalue weighted by Gasteiger charge is -2.39. The van der Waals surface area contributed by atoms with Crippen LogP contribution in [-0.4, -0.2) is 32.8 Å². The number of ether oxygens (including phenoxy) is 1. The summed E-state index contributed by atoms with van der Waals surface area (Å²) in [4.78, 5) is 12.0. The molecule has 1 aliphatic rings. The van der Waals surface area contributed by atoms with Crippen LogP contribution in [0.5, 0.6) is 0 Å². The summed E-state index contributed by atoms with van der Waals surface area (Å²) < 4.78 is 6.85. The topological polar surface area (TPSA) is 81.9 Å². The van der Waals surface area contributed by atoms with E-state index in [0.29, 0.717) is 18.1 Å². The molecule has 1 fully saturated rings. The van der Waals surface area contributed by atoms with E-state index in [4.69, 9.17) is 4.74 Å². The largest absolute Gasteiger partial charge is 0.462 e. The van der Waals surface area contributed by atoms with Crippen molar-refractivity contribution in [1.82, 2.24) is 20.2 Å². The van der Waals surface area contributed by atoms with E-state index in [1.54, 1.807) is 23.7 Å². The standard InChI is InChI=1S/C23H27N5O2/c1-3-30-21(29)18-9-11-20(12-10-18)28-22(25-26-27-28)23(15-13-17(2)14-16-23)24-19-7-5-4-6-8-19/h4-12,17,24H,3,13-16H2,1-2H3. The van der Waals surface area contributed by atoms with Crippen LogP contribution >= 0.6 is 0 Å². The van der Waals surface area contributed by atoms with Crippen molar-refractivity contribution in [2.75, 3.05) is 11.9 Å². The number of benzene rings is 2. The second-order valence-electron chi connectivity index (χ2n) is 7.94. The molecule has 0 bridgehead atoms. The van der Waals surface area contributed by atoms with E-state index < -0.39 is 0 Å². The molecule has 0 spiro atoms. The van der Waals surface area contributed by atoms with Crippen LogP contribution in [0.2, 0.25) is 0 Å². The van der Waals surface area contributed by atoms with Crippen molar-refractivity contribution in [2.24, 2.45) is 5.92 Å². The maximum absolute atomic E-state index is 12.0. The zero-order valence-corrected chi connectivity index (χ0v) is 17.4. The fourth-order valence-corrected chi connectivity index (χ4v) is 4.07. The van der Waals surface area contributed by atoms with Crippen molar-refractivity contribution in [1.29, 1.82) is 0 Å². The van der Waals surface area contributed by atoms with Crippen LogP contribution in [0.15, 0.2) is 54.6 Å². The number of aromatic nitrogens is 4. The Morgan fingerprint density at radius 2 is 1.83 bits per heavy atom. The molecule has 30 heavy (non-hydrogen) atoms. The molecule has 2 aromatic carbocycles. The fraction of sp³-hybridized carbons (Fsp3) is 0.391. The molecule has 7 nitrogen and oxygen atoms in total. The molecule has 0 saturated heterocycles. The van der Waals surface area contributed by atoms with Gasteiger partial charge in [-0.25, -0.2) is 4.79 Å². The van der Waals surface area contributed by atoms with Gasteiger partial charge >= 0.3 is 5.97 Å². The first-order chi connectivity index (χ1) is 14.6. The molecule has 1 heterocycles. The van der Waals surface area contributed by atoms with Gasteiger partial charge in [-0.05, 0) is 85.3 Å². The van der Waals surface area contributed by atoms with E-state index in [1.807, 2.05) is 30.3 Å². The van der Waals surface area contributed by atoms with Gasteiger partial charge in [0.15, 0.2) is 5.82 Å². The Balaban J connectivity index is 1.68. The Labute approximate surface area is 176 Å². The number of anilines is 1. The van der Waals surface area contributed by atoms with E-state index in [9.17, 15) is 4.79 Å². The van der Waals surface area contributed by atoms with Gasteiger partial charge in [0.1, 0.15) is 0 Å². The van der Waals surface area contributed by atoms with E-state index >= 15 is 0 Å². The average Bonchev–Trinajstić information content (AvgIpc) is 3.27. The minimum Gasteiger partial charge on any atom is -0.462 e. The smallest absolute Gasteiger partial charge is 0.338 e. The quantitative estimate of drug-likeness (QED) is 0.614. The van der Waals surface area contributed by atoms with E-state index in [1.165, 1.54) is 0 Å². The molecular weight excluding hydrogens is 378 g/mol. The summed E-state index contributed by atoms with van der Waals surface area (Å²) in [5.74, 6) is 1.15. The summed E-state index contributed by atoms with van der Waals surface area (Å²) in [5.41, 5.74) is 2.03. The number of nitrogens with one attached hydrogen (secondary N) is 1. The second-order valence-corrected chi connectivity index (χ2v) is 7.94. The molecule has 7 heteroatoms. The van der Waals surface area contributed by atoms with Gasteiger partial charge in [-0.15, -0.1) is 5.10 Å². The molecule has 0 aliphatic heterocycles. The van der Waals surface area contributed by atoms with Crippen LogP contribution in [-0.2, 0) is 10.3 Å². The summed E-state index contributed by atoms with van der Waals surface area (Å²) in [5, 5.41) is 16.5. The number of nitrogens with zero attached hydrogens (tertiary/aromatic N) is 4. The van der Waals surface area contributed by atoms with E-state index in [0.717, 1.165) is 42.9 Å². The highest BCUT2D eigenvalue weighted by Gasteiger charge is 2.40. The summed E-state index contributed by atoms with van der Waals surface area (Å²) in [7, 11) is 0. The van der Waals surface area contributed by atoms with Crippen molar-refractivity contribution in [2.45, 2.75) is 45.1 Å². The molecule has 0 radical (unpaired) electrons. The van der Waals surface area contributed by atoms with Crippen molar-refractivity contribution in [3.63, 3.8) is 0 Å². The normalized spacial score (nSPS) is 21.2. The third kappa shape index (κ3) is 4.06. The Hall–Kier alpha value is -3.22. The minimum atomic E-state index is -0.350. The van der Waals surface area contributed by atoms with Gasteiger partial charge in [0.2, 0.25) is 0 Å². The highest BCUT2D eigenvalue weighted by atomic mass is 16.5. The number of tetrazole rings is 1. The first kappa shape index (κ1) is 20.1. The molecule has 3 aromatic rings. The molecule has 0 amide bonds. The molecule has 1 aliphatic carbocycles. The third-order valence-electron chi connectivity index (χ3n) is 5.81. The highest BCUT2D eigenvalue weighted by Crippen LogP contribution is 2.41. The van der Waals surface area contributed by atoms with Crippen molar-refractivity contribution in [3.8, 4) is 5.69 Å². The average molecular weight is 406 g/mol. The zero-order valence-electron chi connectivity index (χ0n) is 17.4. The third-order valence-corrected chi connectivity index (χ3v) is 5.81. The van der Waals surface area contributed by atoms with Crippen LogP contribution < -0.4 is 5.32 Å². The number of esters is 1. The van der Waals surface area contributed by atoms with Gasteiger partial charge < -0.3 is 10.1 Å². The summed E-state index contributed by atoms with van der Waals surface area (Å²) in [6, 6.07) is 17.4. The Morgan fingerprint density at radius 1 is 1.13 bits per heavy atom. The number of hydrogen-bond acceptors (Lipinski definition) is 6. The van der Waals surface area contributed by atoms with Gasteiger partial charge in [0.05, 0.1) is 23.4 Å². The number of carbonyl (C=O) groups excluding carboxylic acids is 1. The number of rotatable bonds is 6. The predicted molar refractivity (Wildman–Crippen MR) is 114 cm³/mol. The molecular formula is C23H27N5O2. The number of hydrogen-bond donors (Lipinski definition) is 1. The van der Waals surface area contributed by atoms with Gasteiger partial charge in [-0.3, -0.25) is 0 Å². The lowest BCUT2D eigenvalue weighted by Crippen LogP contribution is -2.41. The second kappa shape index (κ2) is 8.65. The Bertz CT molecular complexity index is 976. The lowest BCUT2D eigenvalue weighted by molar-refractivity contribution is 0.0526. The minimum absolute atomic E-state index is 0.329. The van der Waals surface area contributed by atoms with Crippen LogP contribution in [0, 0.1) is 5.92 Å². The Morgan fingerprint density at radius 3 is 2.50 bits per heavy atom. The van der Waals surface area contributed by atoms with Crippen LogP contribution in [0.1, 0.15) is 55.7 Å². The van der Waals surface area contributed by atoms with Crippen molar-refractivity contribution >= 4 is 11.7 Å². The van der Waals surface area contributed by atoms with Gasteiger partial charge in [0, 0.05) is 5.69 Å². The number of para-hydroxylation sites is 1. The van der Waals surface area contributed by atoms with E-state index in [-0.39, 0.29) is 11.5 Å². The van der Waals surface area contributed by atoms with E-state index in [2.05, 4.69) is 39.9 Å². The fourth-order valence-electron chi connectivity index (χ4n) is 4.07. The van der Waals surface area contributed by atoms with Crippen LogP contribution in [0.4, 0.5) is 5.69 Å². The van der Waals surface area contributed by atoms with Crippen molar-refractivity contribution in [3.05, 3.63) is 66.0 Å². The Kier molecular flexibility index (Phi) is 5.79. The molecule has 0 unspecified atom stereocenters. The maximum atomic E-state index is 12.0. The SMILES string of the molecule is CCOC(=O)c1ccc(-n2nnnc2C2(Nc3ccccc3)CCC(C)CC2)cc1. The molecule has 1 saturated carbocycles. The summed E-state index contributed by atoms with van der Waals surface area (Å²) in [6.45, 7) is 4.44. The first-order valence-corrected chi connectivity index (χ1v) is 10.5. The summed E-state index contributed by atoms with van der Waals surface area (Å²) >= 11 is 0. The predicted octanol–water partition coefficient (Wildman–Crippen LogP) is 4.36. The first-order valence-electron chi connectivity index (χ1n) is 10.5. The van der Waals surface area contributed by atoms with Crippen molar-refractivity contribution < 1.29 is 9.53 Å². The molecule has 156 valence electrons. The highest BCUT2D eigenvalue weighted by molar-refractivity contribution is 5.89. The lowest BCUT2D eigenvalue weighted by atomic mass is 9.76. The maximum Gasteiger partial charge on any atom is 0.338 e. The molecule has 1 aromatic heterocycles. The van der Waals surface area contributed by atoms with Crippen LogP contribution in [0.25, 0.3) is 5.69 Å². The number of carbonyl (C=O) groups is 1. The molecule has 4 rings (SSSR count). The monoisotopic (exact) mass is 405 g/mol. The van der Waals surface area contributed by atoms with Gasteiger partial charge in [-0.2, -0.15) is 4.68 Å². The molecule has 1 N–H and O–H groups in total.